The molecule has 3 aromatic carbocycles. The van der Waals surface area contributed by atoms with E-state index < -0.39 is 0 Å². The minimum absolute atomic E-state index is 0.197. The molecule has 0 radical (unpaired) electrons. The maximum atomic E-state index is 12.5. The van der Waals surface area contributed by atoms with Crippen LogP contribution in [0.4, 0.5) is 5.69 Å². The average molecular weight is 499 g/mol. The molecule has 0 atom stereocenters. The first kappa shape index (κ1) is 23.2. The fraction of sp³-hybridized carbons (Fsp3) is 0.120. The van der Waals surface area contributed by atoms with Gasteiger partial charge in [0.15, 0.2) is 16.7 Å². The number of nitrogens with one attached hydrogen (secondary N) is 1. The molecule has 0 unspecified atom stereocenters. The Hall–Kier alpha value is -2.93. The van der Waals surface area contributed by atoms with Crippen LogP contribution in [0.3, 0.4) is 0 Å². The summed E-state index contributed by atoms with van der Waals surface area (Å²) in [6.07, 6.45) is 1.79. The van der Waals surface area contributed by atoms with Crippen LogP contribution in [0.2, 0.25) is 10.0 Å². The summed E-state index contributed by atoms with van der Waals surface area (Å²) in [5.41, 5.74) is 3.53. The Morgan fingerprint density at radius 3 is 2.55 bits per heavy atom. The van der Waals surface area contributed by atoms with Crippen molar-refractivity contribution >= 4 is 57.8 Å². The van der Waals surface area contributed by atoms with Crippen molar-refractivity contribution < 1.29 is 14.3 Å². The van der Waals surface area contributed by atoms with Gasteiger partial charge in [-0.1, -0.05) is 53.0 Å². The van der Waals surface area contributed by atoms with Gasteiger partial charge in [-0.2, -0.15) is 0 Å². The molecule has 1 heterocycles. The van der Waals surface area contributed by atoms with Crippen LogP contribution in [0.5, 0.6) is 11.5 Å². The first-order chi connectivity index (χ1) is 15.9. The number of hydrogen-bond donors (Lipinski definition) is 1. The molecule has 1 aliphatic heterocycles. The lowest BCUT2D eigenvalue weighted by Crippen LogP contribution is -2.19. The minimum Gasteiger partial charge on any atom is -0.493 e. The van der Waals surface area contributed by atoms with E-state index in [-0.39, 0.29) is 12.5 Å². The number of methoxy groups -OCH3 is 1. The van der Waals surface area contributed by atoms with Gasteiger partial charge in [0.2, 0.25) is 0 Å². The minimum atomic E-state index is -0.197. The highest BCUT2D eigenvalue weighted by atomic mass is 35.5. The van der Waals surface area contributed by atoms with Gasteiger partial charge in [-0.25, -0.2) is 4.99 Å². The Bertz CT molecular complexity index is 1260. The van der Waals surface area contributed by atoms with E-state index in [1.807, 2.05) is 49.4 Å². The molecule has 0 aliphatic carbocycles. The van der Waals surface area contributed by atoms with Gasteiger partial charge >= 0.3 is 0 Å². The largest absolute Gasteiger partial charge is 0.493 e. The molecule has 4 rings (SSSR count). The predicted molar refractivity (Wildman–Crippen MR) is 136 cm³/mol. The monoisotopic (exact) mass is 498 g/mol. The molecular formula is C25H20Cl2N2O3S. The lowest BCUT2D eigenvalue weighted by Gasteiger charge is -2.12. The number of halogens is 2. The van der Waals surface area contributed by atoms with Crippen molar-refractivity contribution in [3.05, 3.63) is 92.3 Å². The van der Waals surface area contributed by atoms with E-state index in [1.54, 1.807) is 31.4 Å². The van der Waals surface area contributed by atoms with Crippen molar-refractivity contribution in [1.29, 1.82) is 0 Å². The smallest absolute Gasteiger partial charge is 0.264 e. The van der Waals surface area contributed by atoms with E-state index in [0.717, 1.165) is 22.4 Å². The fourth-order valence-electron chi connectivity index (χ4n) is 3.06. The number of carbonyl (C=O) groups excluding carboxylic acids is 1. The molecule has 5 nitrogen and oxygen atoms in total. The lowest BCUT2D eigenvalue weighted by molar-refractivity contribution is -0.115. The molecule has 8 heteroatoms. The zero-order valence-electron chi connectivity index (χ0n) is 17.9. The predicted octanol–water partition coefficient (Wildman–Crippen LogP) is 6.78. The van der Waals surface area contributed by atoms with Gasteiger partial charge in [0, 0.05) is 15.6 Å². The Labute approximate surface area is 206 Å². The summed E-state index contributed by atoms with van der Waals surface area (Å²) in [5.74, 6) is 0.916. The molecule has 168 valence electrons. The normalized spacial score (nSPS) is 15.7. The van der Waals surface area contributed by atoms with Crippen molar-refractivity contribution in [3.8, 4) is 11.5 Å². The van der Waals surface area contributed by atoms with Crippen molar-refractivity contribution in [3.63, 3.8) is 0 Å². The van der Waals surface area contributed by atoms with Crippen molar-refractivity contribution in [2.45, 2.75) is 13.5 Å². The second kappa shape index (κ2) is 10.3. The van der Waals surface area contributed by atoms with E-state index >= 15 is 0 Å². The summed E-state index contributed by atoms with van der Waals surface area (Å²) in [6, 6.07) is 18.5. The highest BCUT2D eigenvalue weighted by molar-refractivity contribution is 8.18. The number of benzene rings is 3. The molecule has 0 spiro atoms. The van der Waals surface area contributed by atoms with Crippen molar-refractivity contribution in [2.75, 3.05) is 7.11 Å². The Kier molecular flexibility index (Phi) is 7.28. The first-order valence-corrected chi connectivity index (χ1v) is 11.6. The second-order valence-corrected chi connectivity index (χ2v) is 9.13. The molecule has 0 saturated carbocycles. The zero-order valence-corrected chi connectivity index (χ0v) is 20.2. The molecule has 1 saturated heterocycles. The molecule has 0 aromatic heterocycles. The molecule has 0 bridgehead atoms. The molecule has 1 amide bonds. The van der Waals surface area contributed by atoms with E-state index in [2.05, 4.69) is 10.3 Å². The van der Waals surface area contributed by atoms with Crippen LogP contribution in [-0.4, -0.2) is 18.2 Å². The van der Waals surface area contributed by atoms with Crippen LogP contribution in [0.15, 0.2) is 70.6 Å². The van der Waals surface area contributed by atoms with E-state index in [1.165, 1.54) is 11.8 Å². The first-order valence-electron chi connectivity index (χ1n) is 10.0. The van der Waals surface area contributed by atoms with E-state index in [9.17, 15) is 4.79 Å². The van der Waals surface area contributed by atoms with Crippen LogP contribution in [0, 0.1) is 6.92 Å². The quantitative estimate of drug-likeness (QED) is 0.380. The van der Waals surface area contributed by atoms with Crippen LogP contribution in [-0.2, 0) is 11.4 Å². The summed E-state index contributed by atoms with van der Waals surface area (Å²) in [4.78, 5) is 17.5. The van der Waals surface area contributed by atoms with Crippen LogP contribution >= 0.6 is 35.0 Å². The van der Waals surface area contributed by atoms with Crippen LogP contribution < -0.4 is 14.8 Å². The third-order valence-electron chi connectivity index (χ3n) is 4.80. The summed E-state index contributed by atoms with van der Waals surface area (Å²) < 4.78 is 11.4. The molecular weight excluding hydrogens is 479 g/mol. The fourth-order valence-corrected chi connectivity index (χ4v) is 4.36. The van der Waals surface area contributed by atoms with Gasteiger partial charge in [0.05, 0.1) is 17.7 Å². The SMILES string of the molecule is COc1ccc(/C=C2\SC(=Nc3ccc(C)cc3)NC2=O)cc1OCc1ccc(Cl)cc1Cl. The molecule has 1 N–H and O–H groups in total. The Balaban J connectivity index is 1.52. The zero-order chi connectivity index (χ0) is 23.4. The molecule has 1 aliphatic rings. The third kappa shape index (κ3) is 5.90. The lowest BCUT2D eigenvalue weighted by atomic mass is 10.2. The second-order valence-electron chi connectivity index (χ2n) is 7.25. The van der Waals surface area contributed by atoms with Crippen LogP contribution in [0.1, 0.15) is 16.7 Å². The average Bonchev–Trinajstić information content (AvgIpc) is 3.13. The molecule has 3 aromatic rings. The summed E-state index contributed by atoms with van der Waals surface area (Å²) >= 11 is 13.5. The number of carbonyl (C=O) groups is 1. The van der Waals surface area contributed by atoms with E-state index in [0.29, 0.717) is 31.6 Å². The number of hydrogen-bond acceptors (Lipinski definition) is 5. The third-order valence-corrected chi connectivity index (χ3v) is 6.30. The van der Waals surface area contributed by atoms with Gasteiger partial charge in [-0.3, -0.25) is 4.79 Å². The highest BCUT2D eigenvalue weighted by Gasteiger charge is 2.24. The Morgan fingerprint density at radius 2 is 1.82 bits per heavy atom. The maximum Gasteiger partial charge on any atom is 0.264 e. The number of aliphatic imine (C=N–C) groups is 1. The Morgan fingerprint density at radius 1 is 1.03 bits per heavy atom. The van der Waals surface area contributed by atoms with Gasteiger partial charge < -0.3 is 14.8 Å². The number of rotatable bonds is 6. The summed E-state index contributed by atoms with van der Waals surface area (Å²) in [5, 5.41) is 4.44. The number of thioether (sulfide) groups is 1. The number of aryl methyl sites for hydroxylation is 1. The van der Waals surface area contributed by atoms with Gasteiger partial charge in [-0.15, -0.1) is 0 Å². The maximum absolute atomic E-state index is 12.5. The number of amidine groups is 1. The van der Waals surface area contributed by atoms with Gasteiger partial charge in [0.1, 0.15) is 6.61 Å². The van der Waals surface area contributed by atoms with Crippen LogP contribution in [0.25, 0.3) is 6.08 Å². The van der Waals surface area contributed by atoms with Crippen molar-refractivity contribution in [1.82, 2.24) is 5.32 Å². The highest BCUT2D eigenvalue weighted by Crippen LogP contribution is 2.33. The van der Waals surface area contributed by atoms with Gasteiger partial charge in [0.25, 0.3) is 5.91 Å². The summed E-state index contributed by atoms with van der Waals surface area (Å²) in [6.45, 7) is 2.26. The standard InChI is InChI=1S/C25H20Cl2N2O3S/c1-15-3-8-19(9-4-15)28-25-29-24(30)23(33-25)12-16-5-10-21(31-2)22(11-16)32-14-17-6-7-18(26)13-20(17)27/h3-13H,14H2,1-2H3,(H,28,29,30)/b23-12-. The number of amides is 1. The van der Waals surface area contributed by atoms with Crippen molar-refractivity contribution in [2.24, 2.45) is 4.99 Å². The van der Waals surface area contributed by atoms with E-state index in [4.69, 9.17) is 32.7 Å². The number of ether oxygens (including phenoxy) is 2. The molecule has 1 fully saturated rings. The van der Waals surface area contributed by atoms with Gasteiger partial charge in [-0.05, 0) is 66.7 Å². The number of nitrogens with zero attached hydrogens (tertiary/aromatic N) is 1. The summed E-state index contributed by atoms with van der Waals surface area (Å²) in [7, 11) is 1.57. The topological polar surface area (TPSA) is 59.9 Å². The molecule has 33 heavy (non-hydrogen) atoms.